The van der Waals surface area contributed by atoms with E-state index in [2.05, 4.69) is 6.58 Å². The van der Waals surface area contributed by atoms with Crippen LogP contribution in [0.25, 0.3) is 0 Å². The van der Waals surface area contributed by atoms with Gasteiger partial charge in [-0.3, -0.25) is 10.1 Å². The molecule has 0 amide bonds. The molecule has 0 aliphatic heterocycles. The van der Waals surface area contributed by atoms with Crippen molar-refractivity contribution in [3.05, 3.63) is 40.7 Å². The van der Waals surface area contributed by atoms with Crippen LogP contribution in [0.5, 0.6) is 0 Å². The molecule has 0 fully saturated rings. The molecule has 1 heterocycles. The average molecular weight is 205 g/mol. The van der Waals surface area contributed by atoms with E-state index in [0.29, 0.717) is 5.76 Å². The third kappa shape index (κ3) is 2.57. The topological polar surface area (TPSA) is 82.3 Å². The first-order valence-electron chi connectivity index (χ1n) is 3.27. The lowest BCUT2D eigenvalue weighted by Crippen LogP contribution is -2.04. The number of nitrogens with zero attached hydrogens (tertiary/aromatic N) is 1. The lowest BCUT2D eigenvalue weighted by Gasteiger charge is -1.97. The molecular formula is C7H9ClN2O3. The van der Waals surface area contributed by atoms with Crippen molar-refractivity contribution in [3.63, 3.8) is 0 Å². The predicted octanol–water partition coefficient (Wildman–Crippen LogP) is 1.80. The second kappa shape index (κ2) is 4.64. The van der Waals surface area contributed by atoms with Gasteiger partial charge in [-0.05, 0) is 6.07 Å². The zero-order valence-electron chi connectivity index (χ0n) is 6.67. The van der Waals surface area contributed by atoms with Crippen molar-refractivity contribution in [1.82, 2.24) is 0 Å². The molecule has 1 rings (SSSR count). The van der Waals surface area contributed by atoms with Crippen LogP contribution in [0.1, 0.15) is 11.8 Å². The number of hydrogen-bond acceptors (Lipinski definition) is 4. The number of nitro groups is 1. The molecule has 0 saturated heterocycles. The molecule has 2 N–H and O–H groups in total. The molecule has 72 valence electrons. The average Bonchev–Trinajstić information content (AvgIpc) is 2.51. The van der Waals surface area contributed by atoms with Gasteiger partial charge in [0.05, 0.1) is 12.1 Å². The second-order valence-corrected chi connectivity index (χ2v) is 2.19. The number of furan rings is 1. The van der Waals surface area contributed by atoms with Crippen molar-refractivity contribution >= 4 is 18.3 Å². The van der Waals surface area contributed by atoms with E-state index in [9.17, 15) is 10.1 Å². The molecule has 0 spiro atoms. The van der Waals surface area contributed by atoms with Gasteiger partial charge in [-0.15, -0.1) is 19.0 Å². The van der Waals surface area contributed by atoms with Gasteiger partial charge in [0.25, 0.3) is 0 Å². The Bertz CT molecular complexity index is 310. The Morgan fingerprint density at radius 1 is 1.69 bits per heavy atom. The normalized spacial score (nSPS) is 11.5. The van der Waals surface area contributed by atoms with Crippen LogP contribution in [0.15, 0.2) is 29.2 Å². The molecule has 1 aromatic rings. The molecule has 13 heavy (non-hydrogen) atoms. The van der Waals surface area contributed by atoms with Gasteiger partial charge < -0.3 is 10.2 Å². The fourth-order valence-corrected chi connectivity index (χ4v) is 0.736. The third-order valence-corrected chi connectivity index (χ3v) is 1.38. The summed E-state index contributed by atoms with van der Waals surface area (Å²) < 4.78 is 4.80. The summed E-state index contributed by atoms with van der Waals surface area (Å²) >= 11 is 0. The van der Waals surface area contributed by atoms with Gasteiger partial charge in [0.15, 0.2) is 0 Å². The Labute approximate surface area is 80.8 Å². The molecule has 6 heteroatoms. The molecule has 0 aliphatic carbocycles. The monoisotopic (exact) mass is 204 g/mol. The maximum Gasteiger partial charge on any atom is 0.433 e. The summed E-state index contributed by atoms with van der Waals surface area (Å²) in [5.74, 6) is 0.0407. The van der Waals surface area contributed by atoms with Crippen LogP contribution in [-0.4, -0.2) is 4.92 Å². The smallest absolute Gasteiger partial charge is 0.404 e. The number of rotatable bonds is 3. The molecule has 1 aromatic heterocycles. The van der Waals surface area contributed by atoms with Crippen molar-refractivity contribution in [2.45, 2.75) is 6.04 Å². The largest absolute Gasteiger partial charge is 0.433 e. The second-order valence-electron chi connectivity index (χ2n) is 2.19. The lowest BCUT2D eigenvalue weighted by molar-refractivity contribution is -0.402. The molecule has 0 saturated carbocycles. The van der Waals surface area contributed by atoms with Crippen LogP contribution in [0.2, 0.25) is 0 Å². The summed E-state index contributed by atoms with van der Waals surface area (Å²) in [5, 5.41) is 10.2. The molecule has 0 unspecified atom stereocenters. The molecule has 1 atom stereocenters. The van der Waals surface area contributed by atoms with Crippen LogP contribution < -0.4 is 5.73 Å². The first kappa shape index (κ1) is 11.7. The SMILES string of the molecule is C=C[C@@H](N)c1ccc([N+](=O)[O-])o1.Cl. The fraction of sp³-hybridized carbons (Fsp3) is 0.143. The summed E-state index contributed by atoms with van der Waals surface area (Å²) in [6.45, 7) is 3.44. The van der Waals surface area contributed by atoms with E-state index in [1.807, 2.05) is 0 Å². The highest BCUT2D eigenvalue weighted by Gasteiger charge is 2.14. The van der Waals surface area contributed by atoms with E-state index in [0.717, 1.165) is 0 Å². The van der Waals surface area contributed by atoms with Crippen molar-refractivity contribution in [2.75, 3.05) is 0 Å². The number of nitrogens with two attached hydrogens (primary N) is 1. The highest BCUT2D eigenvalue weighted by molar-refractivity contribution is 5.85. The molecule has 0 bridgehead atoms. The predicted molar refractivity (Wildman–Crippen MR) is 49.7 cm³/mol. The zero-order chi connectivity index (χ0) is 9.14. The Morgan fingerprint density at radius 3 is 2.69 bits per heavy atom. The van der Waals surface area contributed by atoms with E-state index in [1.54, 1.807) is 0 Å². The minimum atomic E-state index is -0.612. The van der Waals surface area contributed by atoms with Crippen molar-refractivity contribution in [1.29, 1.82) is 0 Å². The molecular weight excluding hydrogens is 196 g/mol. The van der Waals surface area contributed by atoms with Crippen LogP contribution in [-0.2, 0) is 0 Å². The van der Waals surface area contributed by atoms with Crippen LogP contribution in [0.4, 0.5) is 5.88 Å². The van der Waals surface area contributed by atoms with Crippen molar-refractivity contribution < 1.29 is 9.34 Å². The van der Waals surface area contributed by atoms with Crippen LogP contribution in [0.3, 0.4) is 0 Å². The van der Waals surface area contributed by atoms with Gasteiger partial charge in [-0.1, -0.05) is 6.08 Å². The molecule has 5 nitrogen and oxygen atoms in total. The van der Waals surface area contributed by atoms with E-state index < -0.39 is 11.0 Å². The quantitative estimate of drug-likeness (QED) is 0.462. The van der Waals surface area contributed by atoms with E-state index >= 15 is 0 Å². The van der Waals surface area contributed by atoms with E-state index in [1.165, 1.54) is 18.2 Å². The molecule has 0 aliphatic rings. The standard InChI is InChI=1S/C7H8N2O3.ClH/c1-2-5(8)6-3-4-7(12-6)9(10)11;/h2-5H,1,8H2;1H/t5-;/m1./s1. The van der Waals surface area contributed by atoms with Gasteiger partial charge in [0.2, 0.25) is 0 Å². The number of halogens is 1. The van der Waals surface area contributed by atoms with Crippen molar-refractivity contribution in [2.24, 2.45) is 5.73 Å². The Hall–Kier alpha value is -1.33. The van der Waals surface area contributed by atoms with Crippen LogP contribution in [0, 0.1) is 10.1 Å². The zero-order valence-corrected chi connectivity index (χ0v) is 7.49. The molecule has 0 radical (unpaired) electrons. The maximum atomic E-state index is 10.2. The minimum absolute atomic E-state index is 0. The van der Waals surface area contributed by atoms with Gasteiger partial charge in [-0.25, -0.2) is 0 Å². The summed E-state index contributed by atoms with van der Waals surface area (Å²) in [7, 11) is 0. The lowest BCUT2D eigenvalue weighted by atomic mass is 10.2. The summed E-state index contributed by atoms with van der Waals surface area (Å²) in [4.78, 5) is 9.56. The molecule has 0 aromatic carbocycles. The van der Waals surface area contributed by atoms with Gasteiger partial charge >= 0.3 is 5.88 Å². The Balaban J connectivity index is 0.00000144. The van der Waals surface area contributed by atoms with Crippen LogP contribution >= 0.6 is 12.4 Å². The summed E-state index contributed by atoms with van der Waals surface area (Å²) in [6.07, 6.45) is 1.45. The number of hydrogen-bond donors (Lipinski definition) is 1. The summed E-state index contributed by atoms with van der Waals surface area (Å²) in [6, 6.07) is 2.24. The Kier molecular flexibility index (Phi) is 4.16. The Morgan fingerprint density at radius 2 is 2.31 bits per heavy atom. The minimum Gasteiger partial charge on any atom is -0.404 e. The highest BCUT2D eigenvalue weighted by Crippen LogP contribution is 2.20. The highest BCUT2D eigenvalue weighted by atomic mass is 35.5. The van der Waals surface area contributed by atoms with Gasteiger partial charge in [-0.2, -0.15) is 0 Å². The van der Waals surface area contributed by atoms with Gasteiger partial charge in [0.1, 0.15) is 10.7 Å². The van der Waals surface area contributed by atoms with Crippen molar-refractivity contribution in [3.8, 4) is 0 Å². The third-order valence-electron chi connectivity index (χ3n) is 1.38. The van der Waals surface area contributed by atoms with E-state index in [4.69, 9.17) is 10.2 Å². The first-order chi connectivity index (χ1) is 5.65. The first-order valence-corrected chi connectivity index (χ1v) is 3.27. The van der Waals surface area contributed by atoms with Gasteiger partial charge in [0, 0.05) is 0 Å². The fourth-order valence-electron chi connectivity index (χ4n) is 0.736. The summed E-state index contributed by atoms with van der Waals surface area (Å²) in [5.41, 5.74) is 5.47. The maximum absolute atomic E-state index is 10.2. The van der Waals surface area contributed by atoms with E-state index in [-0.39, 0.29) is 18.3 Å².